The fourth-order valence-electron chi connectivity index (χ4n) is 4.17. The molecule has 0 N–H and O–H groups in total. The molecule has 1 aromatic carbocycles. The Labute approximate surface area is 172 Å². The van der Waals surface area contributed by atoms with Crippen molar-refractivity contribution >= 4 is 15.9 Å². The normalized spacial score (nSPS) is 22.6. The highest BCUT2D eigenvalue weighted by atomic mass is 32.2. The zero-order valence-electron chi connectivity index (χ0n) is 17.3. The number of sulfone groups is 1. The zero-order chi connectivity index (χ0) is 21.2. The molecule has 1 heterocycles. The van der Waals surface area contributed by atoms with Crippen molar-refractivity contribution in [1.82, 2.24) is 4.90 Å². The van der Waals surface area contributed by atoms with Crippen molar-refractivity contribution in [1.29, 1.82) is 0 Å². The largest absolute Gasteiger partial charge is 0.493 e. The number of halogens is 1. The maximum absolute atomic E-state index is 13.9. The summed E-state index contributed by atoms with van der Waals surface area (Å²) in [7, 11) is -3.57. The number of carbonyl (C=O) groups excluding carboxylic acids is 1. The van der Waals surface area contributed by atoms with E-state index in [1.165, 1.54) is 18.6 Å². The Hall–Kier alpha value is -1.83. The molecule has 0 aromatic heterocycles. The Bertz CT molecular complexity index is 833. The molecule has 1 aliphatic carbocycles. The molecule has 0 radical (unpaired) electrons. The van der Waals surface area contributed by atoms with E-state index >= 15 is 0 Å². The molecule has 1 saturated heterocycles. The number of hydrogen-bond acceptors (Lipinski definition) is 5. The van der Waals surface area contributed by atoms with E-state index in [0.717, 1.165) is 44.7 Å². The fraction of sp³-hybridized carbons (Fsp3) is 0.667. The Morgan fingerprint density at radius 1 is 1.28 bits per heavy atom. The highest BCUT2D eigenvalue weighted by molar-refractivity contribution is 7.90. The number of amides is 1. The van der Waals surface area contributed by atoms with Gasteiger partial charge in [0.2, 0.25) is 0 Å². The third-order valence-corrected chi connectivity index (χ3v) is 6.91. The molecule has 2 fully saturated rings. The number of hydrogen-bond donors (Lipinski definition) is 0. The molecule has 0 bridgehead atoms. The lowest BCUT2D eigenvalue weighted by Gasteiger charge is -2.32. The first kappa shape index (κ1) is 21.9. The molecule has 1 amide bonds. The predicted molar refractivity (Wildman–Crippen MR) is 107 cm³/mol. The monoisotopic (exact) mass is 427 g/mol. The van der Waals surface area contributed by atoms with Gasteiger partial charge in [-0.1, -0.05) is 0 Å². The van der Waals surface area contributed by atoms with E-state index in [1.54, 1.807) is 4.90 Å². The molecule has 6 nitrogen and oxygen atoms in total. The smallest absolute Gasteiger partial charge is 0.410 e. The van der Waals surface area contributed by atoms with E-state index in [9.17, 15) is 17.6 Å². The van der Waals surface area contributed by atoms with E-state index in [0.29, 0.717) is 30.1 Å². The van der Waals surface area contributed by atoms with Gasteiger partial charge >= 0.3 is 6.09 Å². The minimum atomic E-state index is -3.57. The zero-order valence-corrected chi connectivity index (χ0v) is 18.1. The molecule has 2 atom stereocenters. The molecule has 162 valence electrons. The summed E-state index contributed by atoms with van der Waals surface area (Å²) in [5.74, 6) is 1.48. The molecule has 0 spiro atoms. The van der Waals surface area contributed by atoms with Gasteiger partial charge in [-0.2, -0.15) is 0 Å². The highest BCUT2D eigenvalue weighted by Gasteiger charge is 2.43. The van der Waals surface area contributed by atoms with Crippen LogP contribution in [0.4, 0.5) is 9.18 Å². The van der Waals surface area contributed by atoms with Gasteiger partial charge in [0.15, 0.2) is 9.84 Å². The second-order valence-electron chi connectivity index (χ2n) is 8.42. The van der Waals surface area contributed by atoms with Gasteiger partial charge < -0.3 is 14.4 Å². The van der Waals surface area contributed by atoms with E-state index < -0.39 is 15.7 Å². The van der Waals surface area contributed by atoms with Gasteiger partial charge in [0, 0.05) is 25.4 Å². The maximum atomic E-state index is 13.9. The molecule has 1 unspecified atom stereocenters. The molecule has 1 aliphatic heterocycles. The fourth-order valence-corrected chi connectivity index (χ4v) is 4.90. The Morgan fingerprint density at radius 2 is 1.97 bits per heavy atom. The third-order valence-electron chi connectivity index (χ3n) is 5.78. The third kappa shape index (κ3) is 5.84. The number of piperidine rings is 1. The van der Waals surface area contributed by atoms with E-state index in [1.807, 2.05) is 13.8 Å². The first-order valence-corrected chi connectivity index (χ1v) is 12.1. The number of rotatable bonds is 7. The van der Waals surface area contributed by atoms with Crippen molar-refractivity contribution in [2.75, 3.05) is 26.0 Å². The molecule has 3 rings (SSSR count). The van der Waals surface area contributed by atoms with Crippen LogP contribution in [-0.4, -0.2) is 51.5 Å². The van der Waals surface area contributed by atoms with Crippen molar-refractivity contribution in [3.8, 4) is 5.75 Å². The van der Waals surface area contributed by atoms with Gasteiger partial charge in [-0.15, -0.1) is 0 Å². The van der Waals surface area contributed by atoms with Crippen molar-refractivity contribution in [2.24, 2.45) is 17.8 Å². The number of likely N-dealkylation sites (tertiary alicyclic amines) is 1. The summed E-state index contributed by atoms with van der Waals surface area (Å²) in [5, 5.41) is 0. The van der Waals surface area contributed by atoms with Crippen molar-refractivity contribution < 1.29 is 27.1 Å². The van der Waals surface area contributed by atoms with Crippen LogP contribution in [0.25, 0.3) is 0 Å². The van der Waals surface area contributed by atoms with Crippen LogP contribution in [0, 0.1) is 23.6 Å². The van der Waals surface area contributed by atoms with E-state index in [2.05, 4.69) is 0 Å². The first-order valence-electron chi connectivity index (χ1n) is 10.2. The predicted octanol–water partition coefficient (Wildman–Crippen LogP) is 3.89. The van der Waals surface area contributed by atoms with Crippen molar-refractivity contribution in [2.45, 2.75) is 50.5 Å². The lowest BCUT2D eigenvalue weighted by molar-refractivity contribution is 0.0633. The number of carbonyl (C=O) groups is 1. The minimum absolute atomic E-state index is 0.0934. The van der Waals surface area contributed by atoms with Gasteiger partial charge in [-0.05, 0) is 69.4 Å². The van der Waals surface area contributed by atoms with Gasteiger partial charge in [-0.3, -0.25) is 0 Å². The van der Waals surface area contributed by atoms with Crippen LogP contribution in [0.15, 0.2) is 23.1 Å². The Balaban J connectivity index is 1.38. The van der Waals surface area contributed by atoms with Crippen LogP contribution in [0.2, 0.25) is 0 Å². The first-order chi connectivity index (χ1) is 13.6. The lowest BCUT2D eigenvalue weighted by atomic mass is 9.91. The van der Waals surface area contributed by atoms with E-state index in [4.69, 9.17) is 9.47 Å². The summed E-state index contributed by atoms with van der Waals surface area (Å²) < 4.78 is 47.7. The van der Waals surface area contributed by atoms with Gasteiger partial charge in [0.1, 0.15) is 16.5 Å². The number of benzene rings is 1. The minimum Gasteiger partial charge on any atom is -0.493 e. The summed E-state index contributed by atoms with van der Waals surface area (Å²) in [5.41, 5.74) is 0. The quantitative estimate of drug-likeness (QED) is 0.660. The summed E-state index contributed by atoms with van der Waals surface area (Å²) in [6, 6.07) is 3.88. The molecule has 1 aromatic rings. The van der Waals surface area contributed by atoms with Crippen molar-refractivity contribution in [3.63, 3.8) is 0 Å². The van der Waals surface area contributed by atoms with Crippen LogP contribution in [0.3, 0.4) is 0 Å². The lowest BCUT2D eigenvalue weighted by Crippen LogP contribution is -2.40. The SMILES string of the molecule is CC(C)OC(=O)N1CCC([C@H]2CC2CCOc2ccc(S(C)(=O)=O)c(F)c2)CC1. The van der Waals surface area contributed by atoms with Gasteiger partial charge in [0.05, 0.1) is 12.7 Å². The molecular weight excluding hydrogens is 397 g/mol. The summed E-state index contributed by atoms with van der Waals surface area (Å²) >= 11 is 0. The second-order valence-corrected chi connectivity index (χ2v) is 10.4. The standard InChI is InChI=1S/C21H30FNO5S/c1-14(2)28-21(24)23-9-6-15(7-10-23)18-12-16(18)8-11-27-17-4-5-20(19(22)13-17)29(3,25)26/h4-5,13-16,18H,6-12H2,1-3H3/t16?,18-/m1/s1. The second kappa shape index (κ2) is 8.90. The summed E-state index contributed by atoms with van der Waals surface area (Å²) in [4.78, 5) is 13.5. The number of nitrogens with zero attached hydrogens (tertiary/aromatic N) is 1. The molecule has 1 saturated carbocycles. The van der Waals surface area contributed by atoms with Crippen LogP contribution in [0.1, 0.15) is 39.5 Å². The van der Waals surface area contributed by atoms with Gasteiger partial charge in [-0.25, -0.2) is 17.6 Å². The average Bonchev–Trinajstić information content (AvgIpc) is 3.40. The Kier molecular flexibility index (Phi) is 6.71. The van der Waals surface area contributed by atoms with Crippen LogP contribution < -0.4 is 4.74 Å². The molecule has 29 heavy (non-hydrogen) atoms. The van der Waals surface area contributed by atoms with Gasteiger partial charge in [0.25, 0.3) is 0 Å². The molecule has 2 aliphatic rings. The molecule has 8 heteroatoms. The highest BCUT2D eigenvalue weighted by Crippen LogP contribution is 2.49. The van der Waals surface area contributed by atoms with E-state index in [-0.39, 0.29) is 17.1 Å². The Morgan fingerprint density at radius 3 is 2.55 bits per heavy atom. The molecular formula is C21H30FNO5S. The summed E-state index contributed by atoms with van der Waals surface area (Å²) in [6.45, 7) is 5.70. The van der Waals surface area contributed by atoms with Crippen LogP contribution in [0.5, 0.6) is 5.75 Å². The maximum Gasteiger partial charge on any atom is 0.410 e. The van der Waals surface area contributed by atoms with Crippen molar-refractivity contribution in [3.05, 3.63) is 24.0 Å². The topological polar surface area (TPSA) is 72.9 Å². The average molecular weight is 428 g/mol. The van der Waals surface area contributed by atoms with Crippen LogP contribution >= 0.6 is 0 Å². The number of ether oxygens (including phenoxy) is 2. The van der Waals surface area contributed by atoms with Crippen LogP contribution in [-0.2, 0) is 14.6 Å². The summed E-state index contributed by atoms with van der Waals surface area (Å²) in [6.07, 6.45) is 4.76.